The van der Waals surface area contributed by atoms with Crippen LogP contribution in [0.1, 0.15) is 132 Å². The van der Waals surface area contributed by atoms with Gasteiger partial charge in [0, 0.05) is 33.2 Å². The van der Waals surface area contributed by atoms with Gasteiger partial charge >= 0.3 is 12.2 Å². The second-order valence-electron chi connectivity index (χ2n) is 19.6. The Hall–Kier alpha value is -6.39. The molecule has 3 aromatic heterocycles. The number of ether oxygens (including phenoxy) is 1. The zero-order valence-electron chi connectivity index (χ0n) is 39.6. The number of anilines is 2. The van der Waals surface area contributed by atoms with Gasteiger partial charge in [0.05, 0.1) is 65.2 Å². The zero-order valence-corrected chi connectivity index (χ0v) is 39.6. The molecule has 9 rings (SSSR count). The number of piperidine rings is 1. The number of hydrogen-bond acceptors (Lipinski definition) is 10. The molecule has 4 aliphatic rings. The number of methoxy groups -OCH3 is 1. The number of amides is 4. The lowest BCUT2D eigenvalue weighted by atomic mass is 10.0. The van der Waals surface area contributed by atoms with Gasteiger partial charge in [-0.1, -0.05) is 39.8 Å². The van der Waals surface area contributed by atoms with Crippen LogP contribution in [-0.2, 0) is 14.3 Å². The number of carboxylic acid groups (broad SMARTS) is 1. The minimum absolute atomic E-state index is 0.0188. The van der Waals surface area contributed by atoms with E-state index in [0.717, 1.165) is 107 Å². The van der Waals surface area contributed by atoms with Crippen molar-refractivity contribution in [2.24, 2.45) is 11.8 Å². The number of fused-ring (bicyclic) bond motifs is 2. The van der Waals surface area contributed by atoms with Crippen LogP contribution < -0.4 is 15.1 Å². The summed E-state index contributed by atoms with van der Waals surface area (Å²) in [4.78, 5) is 84.0. The third-order valence-corrected chi connectivity index (χ3v) is 14.6. The molecular formula is C50H65N11O6. The van der Waals surface area contributed by atoms with Gasteiger partial charge in [-0.05, 0) is 117 Å². The number of alkyl carbamates (subject to hydrolysis) is 1. The molecule has 0 unspecified atom stereocenters. The highest BCUT2D eigenvalue weighted by atomic mass is 16.5. The number of nitrogens with zero attached hydrogens (tertiary/aromatic N) is 8. The maximum atomic E-state index is 14.0. The SMILES string of the molecule is COC(=O)N[C@H](C(=O)N1CCC[C@H]1c1nc2ccc([C@@H]3CC[C@@H](c4ccc5nc([C@@H]6CCCN6C(=O)[C@H](C(C)C)N(C)C(=O)O)[nH]c5c4)N3c3ccc(N4CCCCC4)nc3)cc2[nH]1)C(C)C. The van der Waals surface area contributed by atoms with Gasteiger partial charge in [0.15, 0.2) is 0 Å². The molecule has 4 saturated heterocycles. The molecular weight excluding hydrogens is 851 g/mol. The summed E-state index contributed by atoms with van der Waals surface area (Å²) in [5, 5.41) is 12.5. The molecule has 4 fully saturated rings. The van der Waals surface area contributed by atoms with Crippen molar-refractivity contribution in [3.8, 4) is 0 Å². The molecule has 4 N–H and O–H groups in total. The lowest BCUT2D eigenvalue weighted by molar-refractivity contribution is -0.138. The van der Waals surface area contributed by atoms with Gasteiger partial charge in [0.2, 0.25) is 11.8 Å². The fourth-order valence-corrected chi connectivity index (χ4v) is 11.2. The molecule has 0 saturated carbocycles. The summed E-state index contributed by atoms with van der Waals surface area (Å²) in [6, 6.07) is 15.3. The number of likely N-dealkylation sites (N-methyl/N-ethyl adjacent to an activating group) is 1. The van der Waals surface area contributed by atoms with Crippen LogP contribution in [0.5, 0.6) is 0 Å². The van der Waals surface area contributed by atoms with Crippen molar-refractivity contribution < 1.29 is 29.0 Å². The smallest absolute Gasteiger partial charge is 0.407 e. The summed E-state index contributed by atoms with van der Waals surface area (Å²) in [7, 11) is 2.77. The monoisotopic (exact) mass is 916 g/mol. The van der Waals surface area contributed by atoms with Crippen LogP contribution in [0.3, 0.4) is 0 Å². The van der Waals surface area contributed by atoms with Crippen LogP contribution in [0.15, 0.2) is 54.7 Å². The Morgan fingerprint density at radius 2 is 1.28 bits per heavy atom. The number of aromatic nitrogens is 5. The molecule has 17 nitrogen and oxygen atoms in total. The number of rotatable bonds is 12. The number of carbonyl (C=O) groups excluding carboxylic acids is 3. The Morgan fingerprint density at radius 1 is 0.716 bits per heavy atom. The average molecular weight is 916 g/mol. The molecule has 0 aliphatic carbocycles. The van der Waals surface area contributed by atoms with E-state index >= 15 is 0 Å². The van der Waals surface area contributed by atoms with E-state index in [4.69, 9.17) is 19.7 Å². The normalized spacial score (nSPS) is 22.0. The summed E-state index contributed by atoms with van der Waals surface area (Å²) in [6.45, 7) is 10.7. The zero-order chi connectivity index (χ0) is 47.1. The first kappa shape index (κ1) is 45.8. The number of pyridine rings is 1. The van der Waals surface area contributed by atoms with E-state index in [1.54, 1.807) is 0 Å². The molecule has 17 heteroatoms. The standard InChI is InChI=1S/C50H65N11O6/c1-29(2)43(56-49(64)67-6)47(62)59-24-10-12-40(59)45-52-34-17-14-31(26-36(34)54-45)38-19-20-39(61(38)33-16-21-42(51-28-33)58-22-8-7-9-23-58)32-15-18-35-37(27-32)55-46(53-35)41-13-11-25-60(41)48(63)44(30(3)4)57(5)50(65)66/h14-18,21,26-30,38-41,43-44H,7-13,19-20,22-25H2,1-6H3,(H,52,54)(H,53,55)(H,56,64)(H,65,66)/t38-,39-,40-,41-,43-,44-/m0/s1. The Morgan fingerprint density at radius 3 is 1.78 bits per heavy atom. The van der Waals surface area contributed by atoms with Crippen molar-refractivity contribution in [3.63, 3.8) is 0 Å². The number of imidazole rings is 2. The molecule has 356 valence electrons. The van der Waals surface area contributed by atoms with Crippen molar-refractivity contribution in [2.45, 2.75) is 122 Å². The summed E-state index contributed by atoms with van der Waals surface area (Å²) in [6.07, 6.45) is 8.81. The minimum atomic E-state index is -1.12. The van der Waals surface area contributed by atoms with E-state index in [0.29, 0.717) is 18.9 Å². The van der Waals surface area contributed by atoms with Gasteiger partial charge in [-0.25, -0.2) is 24.5 Å². The van der Waals surface area contributed by atoms with E-state index < -0.39 is 24.3 Å². The Balaban J connectivity index is 1.01. The van der Waals surface area contributed by atoms with Crippen LogP contribution in [0.2, 0.25) is 0 Å². The summed E-state index contributed by atoms with van der Waals surface area (Å²) in [5.41, 5.74) is 6.77. The van der Waals surface area contributed by atoms with Crippen molar-refractivity contribution in [3.05, 3.63) is 77.5 Å². The molecule has 0 bridgehead atoms. The predicted octanol–water partition coefficient (Wildman–Crippen LogP) is 8.25. The minimum Gasteiger partial charge on any atom is -0.465 e. The molecule has 7 heterocycles. The fourth-order valence-electron chi connectivity index (χ4n) is 11.2. The van der Waals surface area contributed by atoms with Crippen molar-refractivity contribution >= 4 is 57.6 Å². The molecule has 6 atom stereocenters. The first-order valence-electron chi connectivity index (χ1n) is 24.2. The van der Waals surface area contributed by atoms with Gasteiger partial charge in [0.1, 0.15) is 29.6 Å². The molecule has 67 heavy (non-hydrogen) atoms. The predicted molar refractivity (Wildman–Crippen MR) is 256 cm³/mol. The second kappa shape index (κ2) is 19.1. The van der Waals surface area contributed by atoms with E-state index in [2.05, 4.69) is 73.6 Å². The quantitative estimate of drug-likeness (QED) is 0.0941. The van der Waals surface area contributed by atoms with E-state index in [9.17, 15) is 24.3 Å². The van der Waals surface area contributed by atoms with Gasteiger partial charge in [-0.3, -0.25) is 14.5 Å². The average Bonchev–Trinajstić information content (AvgIpc) is 4.19. The molecule has 4 amide bonds. The van der Waals surface area contributed by atoms with Crippen molar-refractivity contribution in [2.75, 3.05) is 50.1 Å². The van der Waals surface area contributed by atoms with Crippen LogP contribution in [-0.4, -0.2) is 121 Å². The fraction of sp³-hybridized carbons (Fsp3) is 0.540. The molecule has 0 radical (unpaired) electrons. The highest BCUT2D eigenvalue weighted by molar-refractivity contribution is 5.87. The third-order valence-electron chi connectivity index (χ3n) is 14.6. The van der Waals surface area contributed by atoms with Crippen LogP contribution >= 0.6 is 0 Å². The number of nitrogens with one attached hydrogen (secondary N) is 3. The van der Waals surface area contributed by atoms with E-state index in [-0.39, 0.29) is 47.8 Å². The molecule has 2 aromatic carbocycles. The topological polar surface area (TPSA) is 196 Å². The molecule has 0 spiro atoms. The van der Waals surface area contributed by atoms with Crippen LogP contribution in [0.25, 0.3) is 22.1 Å². The van der Waals surface area contributed by atoms with Gasteiger partial charge < -0.3 is 44.7 Å². The maximum Gasteiger partial charge on any atom is 0.407 e. The van der Waals surface area contributed by atoms with Crippen molar-refractivity contribution in [1.29, 1.82) is 0 Å². The first-order chi connectivity index (χ1) is 32.3. The number of benzene rings is 2. The second-order valence-corrected chi connectivity index (χ2v) is 19.6. The third kappa shape index (κ3) is 8.96. The Kier molecular flexibility index (Phi) is 13.0. The maximum absolute atomic E-state index is 14.0. The first-order valence-corrected chi connectivity index (χ1v) is 24.2. The van der Waals surface area contributed by atoms with Gasteiger partial charge in [0.25, 0.3) is 0 Å². The summed E-state index contributed by atoms with van der Waals surface area (Å²) in [5.74, 6) is 1.80. The highest BCUT2D eigenvalue weighted by Crippen LogP contribution is 2.48. The van der Waals surface area contributed by atoms with E-state index in [1.165, 1.54) is 33.4 Å². The number of likely N-dealkylation sites (tertiary alicyclic amines) is 2. The highest BCUT2D eigenvalue weighted by Gasteiger charge is 2.41. The molecule has 5 aromatic rings. The van der Waals surface area contributed by atoms with Gasteiger partial charge in [-0.15, -0.1) is 0 Å². The number of carbonyl (C=O) groups is 4. The molecule has 4 aliphatic heterocycles. The van der Waals surface area contributed by atoms with Crippen LogP contribution in [0, 0.1) is 11.8 Å². The lowest BCUT2D eigenvalue weighted by Gasteiger charge is -2.34. The number of H-pyrrole nitrogens is 2. The van der Waals surface area contributed by atoms with Crippen molar-refractivity contribution in [1.82, 2.24) is 44.9 Å². The number of aromatic amines is 2. The largest absolute Gasteiger partial charge is 0.465 e. The van der Waals surface area contributed by atoms with Crippen LogP contribution in [0.4, 0.5) is 21.1 Å². The van der Waals surface area contributed by atoms with E-state index in [1.807, 2.05) is 43.7 Å². The Labute approximate surface area is 391 Å². The lowest BCUT2D eigenvalue weighted by Crippen LogP contribution is -2.51. The Bertz CT molecular complexity index is 2600. The summed E-state index contributed by atoms with van der Waals surface area (Å²) >= 11 is 0. The number of hydrogen-bond donors (Lipinski definition) is 4. The summed E-state index contributed by atoms with van der Waals surface area (Å²) < 4.78 is 4.84. The van der Waals surface area contributed by atoms with Gasteiger partial charge in [-0.2, -0.15) is 0 Å².